The number of hydrogen-bond donors (Lipinski definition) is 0. The van der Waals surface area contributed by atoms with E-state index in [4.69, 9.17) is 16.3 Å². The van der Waals surface area contributed by atoms with Gasteiger partial charge >= 0.3 is 5.97 Å². The summed E-state index contributed by atoms with van der Waals surface area (Å²) < 4.78 is 22.2. The smallest absolute Gasteiger partial charge is 0.361 e. The molecule has 0 aliphatic heterocycles. The molecule has 122 valence electrons. The van der Waals surface area contributed by atoms with Crippen LogP contribution < -0.4 is 0 Å². The molecule has 0 bridgehead atoms. The molecule has 23 heavy (non-hydrogen) atoms. The number of benzene rings is 1. The Labute approximate surface area is 145 Å². The minimum absolute atomic E-state index is 0.0499. The molecule has 5 nitrogen and oxygen atoms in total. The zero-order chi connectivity index (χ0) is 16.2. The van der Waals surface area contributed by atoms with Gasteiger partial charge in [0.25, 0.3) is 0 Å². The van der Waals surface area contributed by atoms with Gasteiger partial charge < -0.3 is 4.74 Å². The number of halogens is 1. The average molecular weight is 371 g/mol. The molecule has 1 saturated carbocycles. The van der Waals surface area contributed by atoms with Crippen molar-refractivity contribution >= 4 is 39.9 Å². The molecule has 0 unspecified atom stereocenters. The molecule has 1 aromatic heterocycles. The van der Waals surface area contributed by atoms with Gasteiger partial charge in [0.15, 0.2) is 9.90 Å². The van der Waals surface area contributed by atoms with Crippen molar-refractivity contribution in [2.24, 2.45) is 0 Å². The summed E-state index contributed by atoms with van der Waals surface area (Å²) in [6, 6.07) is 6.63. The highest BCUT2D eigenvalue weighted by atomic mass is 35.5. The second-order valence-electron chi connectivity index (χ2n) is 5.30. The molecule has 1 heterocycles. The first-order chi connectivity index (χ1) is 11.1. The maximum absolute atomic E-state index is 12.6. The predicted octanol–water partition coefficient (Wildman–Crippen LogP) is 3.85. The van der Waals surface area contributed by atoms with Crippen LogP contribution in [-0.4, -0.2) is 25.9 Å². The van der Waals surface area contributed by atoms with Crippen LogP contribution in [0.25, 0.3) is 0 Å². The van der Waals surface area contributed by atoms with Gasteiger partial charge in [-0.05, 0) is 61.5 Å². The highest BCUT2D eigenvalue weighted by Gasteiger charge is 2.26. The Kier molecular flexibility index (Phi) is 5.40. The zero-order valence-corrected chi connectivity index (χ0v) is 14.6. The average Bonchev–Trinajstić information content (AvgIpc) is 3.05. The van der Waals surface area contributed by atoms with Crippen LogP contribution in [0.5, 0.6) is 0 Å². The number of aromatic nitrogens is 2. The molecule has 0 amide bonds. The van der Waals surface area contributed by atoms with Crippen LogP contribution in [0.1, 0.15) is 42.6 Å². The predicted molar refractivity (Wildman–Crippen MR) is 88.3 cm³/mol. The molecule has 0 spiro atoms. The van der Waals surface area contributed by atoms with Crippen molar-refractivity contribution in [2.45, 2.75) is 47.3 Å². The van der Waals surface area contributed by atoms with E-state index in [2.05, 4.69) is 9.59 Å². The van der Waals surface area contributed by atoms with Gasteiger partial charge in [0, 0.05) is 9.92 Å². The first-order valence-corrected chi connectivity index (χ1v) is 9.66. The lowest BCUT2D eigenvalue weighted by molar-refractivity contribution is 0.0200. The number of nitrogens with zero attached hydrogens (tertiary/aromatic N) is 2. The van der Waals surface area contributed by atoms with Gasteiger partial charge in [-0.25, -0.2) is 9.00 Å². The molecule has 1 aliphatic carbocycles. The van der Waals surface area contributed by atoms with Crippen molar-refractivity contribution in [3.63, 3.8) is 0 Å². The van der Waals surface area contributed by atoms with Gasteiger partial charge in [-0.15, -0.1) is 5.10 Å². The maximum atomic E-state index is 12.6. The van der Waals surface area contributed by atoms with Crippen molar-refractivity contribution in [1.82, 2.24) is 9.59 Å². The van der Waals surface area contributed by atoms with Crippen LogP contribution in [0.4, 0.5) is 0 Å². The summed E-state index contributed by atoms with van der Waals surface area (Å²) in [6.07, 6.45) is 4.98. The summed E-state index contributed by atoms with van der Waals surface area (Å²) in [5, 5.41) is 4.38. The third kappa shape index (κ3) is 3.97. The first-order valence-electron chi connectivity index (χ1n) is 7.36. The van der Waals surface area contributed by atoms with Gasteiger partial charge in [-0.2, -0.15) is 0 Å². The van der Waals surface area contributed by atoms with E-state index in [0.29, 0.717) is 14.1 Å². The van der Waals surface area contributed by atoms with E-state index < -0.39 is 16.8 Å². The molecule has 1 atom stereocenters. The minimum atomic E-state index is -1.53. The molecule has 0 N–H and O–H groups in total. The number of carbonyl (C=O) groups excluding carboxylic acids is 1. The van der Waals surface area contributed by atoms with Crippen LogP contribution in [0.15, 0.2) is 33.4 Å². The van der Waals surface area contributed by atoms with Crippen molar-refractivity contribution in [3.8, 4) is 0 Å². The van der Waals surface area contributed by atoms with Crippen LogP contribution in [-0.2, 0) is 15.5 Å². The largest absolute Gasteiger partial charge is 0.458 e. The normalized spacial score (nSPS) is 16.9. The van der Waals surface area contributed by atoms with Crippen molar-refractivity contribution in [2.75, 3.05) is 0 Å². The van der Waals surface area contributed by atoms with Gasteiger partial charge in [0.1, 0.15) is 6.10 Å². The summed E-state index contributed by atoms with van der Waals surface area (Å²) in [5.74, 6) is -0.539. The third-order valence-corrected chi connectivity index (χ3v) is 6.36. The number of rotatable bonds is 4. The molecule has 0 radical (unpaired) electrons. The summed E-state index contributed by atoms with van der Waals surface area (Å²) in [5.41, 5.74) is 0.0499. The fraction of sp³-hybridized carbons (Fsp3) is 0.400. The lowest BCUT2D eigenvalue weighted by atomic mass is 9.98. The van der Waals surface area contributed by atoms with Crippen molar-refractivity contribution in [1.29, 1.82) is 0 Å². The molecule has 0 saturated heterocycles. The van der Waals surface area contributed by atoms with Crippen molar-refractivity contribution < 1.29 is 13.7 Å². The molecule has 8 heteroatoms. The molecular weight excluding hydrogens is 356 g/mol. The molecule has 1 aliphatic rings. The van der Waals surface area contributed by atoms with Crippen LogP contribution >= 0.6 is 23.1 Å². The van der Waals surface area contributed by atoms with Crippen LogP contribution in [0, 0.1) is 0 Å². The molecule has 3 rings (SSSR count). The highest BCUT2D eigenvalue weighted by molar-refractivity contribution is 7.87. The van der Waals surface area contributed by atoms with E-state index in [9.17, 15) is 9.00 Å². The van der Waals surface area contributed by atoms with E-state index in [0.717, 1.165) is 37.2 Å². The van der Waals surface area contributed by atoms with Gasteiger partial charge in [-0.1, -0.05) is 22.5 Å². The third-order valence-electron chi connectivity index (χ3n) is 3.67. The van der Waals surface area contributed by atoms with E-state index in [-0.39, 0.29) is 11.8 Å². The SMILES string of the molecule is O=C(OC1CCCCC1)c1nnsc1[S@](=O)c1ccc(Cl)cc1. The number of esters is 1. The maximum Gasteiger partial charge on any atom is 0.361 e. The Morgan fingerprint density at radius 2 is 1.91 bits per heavy atom. The van der Waals surface area contributed by atoms with Gasteiger partial charge in [0.2, 0.25) is 0 Å². The molecule has 1 aromatic carbocycles. The molecule has 1 fully saturated rings. The Morgan fingerprint density at radius 1 is 1.22 bits per heavy atom. The topological polar surface area (TPSA) is 69.2 Å². The fourth-order valence-corrected chi connectivity index (χ4v) is 4.57. The van der Waals surface area contributed by atoms with E-state index in [1.165, 1.54) is 6.42 Å². The molecular formula is C15H15ClN2O3S2. The zero-order valence-electron chi connectivity index (χ0n) is 12.2. The van der Waals surface area contributed by atoms with Crippen LogP contribution in [0.2, 0.25) is 5.02 Å². The summed E-state index contributed by atoms with van der Waals surface area (Å²) in [6.45, 7) is 0. The van der Waals surface area contributed by atoms with E-state index in [1.54, 1.807) is 24.3 Å². The van der Waals surface area contributed by atoms with Gasteiger partial charge in [0.05, 0.1) is 10.8 Å². The van der Waals surface area contributed by atoms with Crippen LogP contribution in [0.3, 0.4) is 0 Å². The second-order valence-corrected chi connectivity index (χ2v) is 8.16. The Hall–Kier alpha value is -1.31. The van der Waals surface area contributed by atoms with Crippen molar-refractivity contribution in [3.05, 3.63) is 35.0 Å². The van der Waals surface area contributed by atoms with E-state index in [1.807, 2.05) is 0 Å². The molecule has 2 aromatic rings. The standard InChI is InChI=1S/C15H15ClN2O3S2/c16-10-6-8-12(9-7-10)23(20)15-13(17-18-22-15)14(19)21-11-4-2-1-3-5-11/h6-9,11H,1-5H2/t23-/m1/s1. The lowest BCUT2D eigenvalue weighted by Gasteiger charge is -2.21. The number of carbonyl (C=O) groups is 1. The summed E-state index contributed by atoms with van der Waals surface area (Å²) in [7, 11) is -1.53. The lowest BCUT2D eigenvalue weighted by Crippen LogP contribution is -2.21. The Bertz CT molecular complexity index is 712. The highest BCUT2D eigenvalue weighted by Crippen LogP contribution is 2.26. The number of ether oxygens (including phenoxy) is 1. The summed E-state index contributed by atoms with van der Waals surface area (Å²) >= 11 is 6.79. The minimum Gasteiger partial charge on any atom is -0.458 e. The number of hydrogen-bond acceptors (Lipinski definition) is 6. The Balaban J connectivity index is 1.77. The van der Waals surface area contributed by atoms with Gasteiger partial charge in [-0.3, -0.25) is 0 Å². The summed E-state index contributed by atoms with van der Waals surface area (Å²) in [4.78, 5) is 12.9. The second kappa shape index (κ2) is 7.51. The van der Waals surface area contributed by atoms with E-state index >= 15 is 0 Å². The fourth-order valence-electron chi connectivity index (χ4n) is 2.48. The quantitative estimate of drug-likeness (QED) is 0.764. The Morgan fingerprint density at radius 3 is 2.61 bits per heavy atom. The first kappa shape index (κ1) is 16.5. The monoisotopic (exact) mass is 370 g/mol.